The molecule has 0 spiro atoms. The van der Waals surface area contributed by atoms with Crippen molar-refractivity contribution in [1.82, 2.24) is 10.6 Å². The van der Waals surface area contributed by atoms with Gasteiger partial charge in [0.15, 0.2) is 0 Å². The van der Waals surface area contributed by atoms with E-state index in [2.05, 4.69) is 31.4 Å². The van der Waals surface area contributed by atoms with Crippen LogP contribution in [0.2, 0.25) is 0 Å². The Balaban J connectivity index is 2.27. The van der Waals surface area contributed by atoms with Gasteiger partial charge >= 0.3 is 0 Å². The fraction of sp³-hybridized carbons (Fsp3) is 0.833. The van der Waals surface area contributed by atoms with E-state index in [0.29, 0.717) is 19.4 Å². The van der Waals surface area contributed by atoms with Crippen molar-refractivity contribution < 1.29 is 9.59 Å². The smallest absolute Gasteiger partial charge is 0.222 e. The standard InChI is InChI=1S/C12H23N3O2/c1-12(2,3)6-8(13)4-11(17)15-9-5-10(16)14-7-9/h8-9H,4-7,13H2,1-3H3,(H,14,16)(H,15,17). The van der Waals surface area contributed by atoms with Gasteiger partial charge in [-0.25, -0.2) is 0 Å². The van der Waals surface area contributed by atoms with Crippen LogP contribution in [-0.4, -0.2) is 30.4 Å². The maximum atomic E-state index is 11.7. The number of carbonyl (C=O) groups is 2. The van der Waals surface area contributed by atoms with Crippen molar-refractivity contribution in [2.24, 2.45) is 11.1 Å². The first kappa shape index (κ1) is 14.0. The average Bonchev–Trinajstić information content (AvgIpc) is 2.46. The number of hydrogen-bond donors (Lipinski definition) is 3. The van der Waals surface area contributed by atoms with Crippen molar-refractivity contribution in [2.75, 3.05) is 6.54 Å². The van der Waals surface area contributed by atoms with E-state index in [1.54, 1.807) is 0 Å². The third kappa shape index (κ3) is 5.68. The molecule has 1 heterocycles. The summed E-state index contributed by atoms with van der Waals surface area (Å²) in [6.07, 6.45) is 1.50. The number of amides is 2. The average molecular weight is 241 g/mol. The van der Waals surface area contributed by atoms with Gasteiger partial charge in [-0.05, 0) is 11.8 Å². The zero-order valence-corrected chi connectivity index (χ0v) is 10.9. The van der Waals surface area contributed by atoms with Crippen LogP contribution in [0.25, 0.3) is 0 Å². The van der Waals surface area contributed by atoms with E-state index in [0.717, 1.165) is 6.42 Å². The lowest BCUT2D eigenvalue weighted by molar-refractivity contribution is -0.122. The summed E-state index contributed by atoms with van der Waals surface area (Å²) in [6, 6.07) is -0.197. The van der Waals surface area contributed by atoms with Crippen molar-refractivity contribution in [3.05, 3.63) is 0 Å². The van der Waals surface area contributed by atoms with E-state index >= 15 is 0 Å². The predicted octanol–water partition coefficient (Wildman–Crippen LogP) is 0.145. The van der Waals surface area contributed by atoms with Crippen LogP contribution in [0, 0.1) is 5.41 Å². The molecule has 0 aromatic heterocycles. The van der Waals surface area contributed by atoms with Gasteiger partial charge in [0.2, 0.25) is 11.8 Å². The number of carbonyl (C=O) groups excluding carboxylic acids is 2. The third-order valence-corrected chi connectivity index (χ3v) is 2.66. The largest absolute Gasteiger partial charge is 0.354 e. The molecule has 0 aromatic carbocycles. The molecule has 17 heavy (non-hydrogen) atoms. The van der Waals surface area contributed by atoms with Crippen LogP contribution in [-0.2, 0) is 9.59 Å². The normalized spacial score (nSPS) is 22.1. The summed E-state index contributed by atoms with van der Waals surface area (Å²) in [7, 11) is 0. The molecule has 1 rings (SSSR count). The van der Waals surface area contributed by atoms with Gasteiger partial charge in [-0.15, -0.1) is 0 Å². The monoisotopic (exact) mass is 241 g/mol. The molecule has 4 N–H and O–H groups in total. The van der Waals surface area contributed by atoms with E-state index in [1.165, 1.54) is 0 Å². The second-order valence-corrected chi connectivity index (χ2v) is 6.00. The fourth-order valence-corrected chi connectivity index (χ4v) is 2.09. The minimum Gasteiger partial charge on any atom is -0.354 e. The third-order valence-electron chi connectivity index (χ3n) is 2.66. The molecule has 5 heteroatoms. The lowest BCUT2D eigenvalue weighted by Crippen LogP contribution is -2.40. The van der Waals surface area contributed by atoms with Gasteiger partial charge in [-0.3, -0.25) is 9.59 Å². The van der Waals surface area contributed by atoms with E-state index in [4.69, 9.17) is 5.73 Å². The lowest BCUT2D eigenvalue weighted by atomic mass is 9.87. The van der Waals surface area contributed by atoms with Crippen molar-refractivity contribution >= 4 is 11.8 Å². The molecular weight excluding hydrogens is 218 g/mol. The maximum absolute atomic E-state index is 11.7. The molecule has 2 atom stereocenters. The quantitative estimate of drug-likeness (QED) is 0.655. The Morgan fingerprint density at radius 3 is 2.71 bits per heavy atom. The van der Waals surface area contributed by atoms with Crippen LogP contribution in [0.5, 0.6) is 0 Å². The Hall–Kier alpha value is -1.10. The minimum atomic E-state index is -0.125. The molecule has 2 unspecified atom stereocenters. The van der Waals surface area contributed by atoms with Gasteiger partial charge in [0, 0.05) is 25.4 Å². The van der Waals surface area contributed by atoms with Crippen molar-refractivity contribution in [1.29, 1.82) is 0 Å². The Bertz CT molecular complexity index is 297. The van der Waals surface area contributed by atoms with Crippen molar-refractivity contribution in [3.8, 4) is 0 Å². The second kappa shape index (κ2) is 5.49. The Morgan fingerprint density at radius 1 is 1.59 bits per heavy atom. The van der Waals surface area contributed by atoms with Crippen LogP contribution in [0.4, 0.5) is 0 Å². The molecule has 0 bridgehead atoms. The first-order valence-electron chi connectivity index (χ1n) is 6.08. The van der Waals surface area contributed by atoms with Gasteiger partial charge < -0.3 is 16.4 Å². The molecule has 98 valence electrons. The molecule has 0 radical (unpaired) electrons. The SMILES string of the molecule is CC(C)(C)CC(N)CC(=O)NC1CNC(=O)C1. The maximum Gasteiger partial charge on any atom is 0.222 e. The van der Waals surface area contributed by atoms with E-state index < -0.39 is 0 Å². The highest BCUT2D eigenvalue weighted by Gasteiger charge is 2.24. The summed E-state index contributed by atoms with van der Waals surface area (Å²) >= 11 is 0. The fourth-order valence-electron chi connectivity index (χ4n) is 2.09. The highest BCUT2D eigenvalue weighted by molar-refractivity contribution is 5.82. The lowest BCUT2D eigenvalue weighted by Gasteiger charge is -2.23. The van der Waals surface area contributed by atoms with Gasteiger partial charge in [0.1, 0.15) is 0 Å². The van der Waals surface area contributed by atoms with Crippen LogP contribution < -0.4 is 16.4 Å². The van der Waals surface area contributed by atoms with E-state index in [9.17, 15) is 9.59 Å². The number of nitrogens with one attached hydrogen (secondary N) is 2. The Labute approximate surface area is 103 Å². The predicted molar refractivity (Wildman–Crippen MR) is 66.2 cm³/mol. The summed E-state index contributed by atoms with van der Waals surface area (Å²) in [5.74, 6) is -0.0717. The molecule has 1 aliphatic rings. The highest BCUT2D eigenvalue weighted by atomic mass is 16.2. The van der Waals surface area contributed by atoms with Crippen LogP contribution >= 0.6 is 0 Å². The molecule has 0 aromatic rings. The van der Waals surface area contributed by atoms with Crippen LogP contribution in [0.15, 0.2) is 0 Å². The van der Waals surface area contributed by atoms with Gasteiger partial charge in [-0.2, -0.15) is 0 Å². The zero-order chi connectivity index (χ0) is 13.1. The molecule has 1 saturated heterocycles. The second-order valence-electron chi connectivity index (χ2n) is 6.00. The molecule has 5 nitrogen and oxygen atoms in total. The molecule has 0 saturated carbocycles. The number of rotatable bonds is 4. The number of hydrogen-bond acceptors (Lipinski definition) is 3. The highest BCUT2D eigenvalue weighted by Crippen LogP contribution is 2.20. The Kier molecular flexibility index (Phi) is 4.51. The van der Waals surface area contributed by atoms with Crippen molar-refractivity contribution in [2.45, 2.75) is 52.1 Å². The van der Waals surface area contributed by atoms with Crippen molar-refractivity contribution in [3.63, 3.8) is 0 Å². The molecule has 2 amide bonds. The first-order valence-corrected chi connectivity index (χ1v) is 6.08. The van der Waals surface area contributed by atoms with E-state index in [-0.39, 0.29) is 29.3 Å². The van der Waals surface area contributed by atoms with Gasteiger partial charge in [0.25, 0.3) is 0 Å². The molecular formula is C12H23N3O2. The molecule has 1 fully saturated rings. The summed E-state index contributed by atoms with van der Waals surface area (Å²) in [6.45, 7) is 6.83. The summed E-state index contributed by atoms with van der Waals surface area (Å²) < 4.78 is 0. The van der Waals surface area contributed by atoms with E-state index in [1.807, 2.05) is 0 Å². The summed E-state index contributed by atoms with van der Waals surface area (Å²) in [5.41, 5.74) is 6.05. The zero-order valence-electron chi connectivity index (χ0n) is 10.9. The number of nitrogens with two attached hydrogens (primary N) is 1. The summed E-state index contributed by atoms with van der Waals surface area (Å²) in [5, 5.41) is 5.51. The topological polar surface area (TPSA) is 84.2 Å². The molecule has 0 aliphatic carbocycles. The van der Waals surface area contributed by atoms with Gasteiger partial charge in [-0.1, -0.05) is 20.8 Å². The summed E-state index contributed by atoms with van der Waals surface area (Å²) in [4.78, 5) is 22.6. The van der Waals surface area contributed by atoms with Crippen LogP contribution in [0.1, 0.15) is 40.0 Å². The molecule has 1 aliphatic heterocycles. The van der Waals surface area contributed by atoms with Gasteiger partial charge in [0.05, 0.1) is 6.04 Å². The Morgan fingerprint density at radius 2 is 2.24 bits per heavy atom. The van der Waals surface area contributed by atoms with Crippen LogP contribution in [0.3, 0.4) is 0 Å². The minimum absolute atomic E-state index is 0.00529. The first-order chi connectivity index (χ1) is 7.76.